The Morgan fingerprint density at radius 2 is 1.79 bits per heavy atom. The summed E-state index contributed by atoms with van der Waals surface area (Å²) < 4.78 is 5.83. The van der Waals surface area contributed by atoms with Crippen LogP contribution < -0.4 is 10.1 Å². The van der Waals surface area contributed by atoms with Gasteiger partial charge in [-0.25, -0.2) is 4.79 Å². The largest absolute Gasteiger partial charge is 0.491 e. The molecule has 4 rings (SSSR count). The van der Waals surface area contributed by atoms with Crippen LogP contribution in [0.15, 0.2) is 48.5 Å². The van der Waals surface area contributed by atoms with E-state index in [4.69, 9.17) is 4.74 Å². The summed E-state index contributed by atoms with van der Waals surface area (Å²) in [5, 5.41) is 13.5. The van der Waals surface area contributed by atoms with Gasteiger partial charge in [0, 0.05) is 0 Å². The molecule has 0 aromatic heterocycles. The first-order chi connectivity index (χ1) is 16.1. The van der Waals surface area contributed by atoms with Crippen molar-refractivity contribution >= 4 is 11.9 Å². The Bertz CT molecular complexity index is 1040. The van der Waals surface area contributed by atoms with Gasteiger partial charge in [-0.2, -0.15) is 0 Å². The number of β-amino-alcohol motifs (C(OH)–C–C–N with tert-alkyl or cyclic N) is 1. The van der Waals surface area contributed by atoms with Gasteiger partial charge in [0.2, 0.25) is 0 Å². The number of imide groups is 1. The zero-order valence-corrected chi connectivity index (χ0v) is 20.6. The number of carbonyl (C=O) groups excluding carboxylic acids is 2. The number of nitrogens with one attached hydrogen (secondary N) is 1. The highest BCUT2D eigenvalue weighted by Gasteiger charge is 2.52. The Balaban J connectivity index is 1.33. The lowest BCUT2D eigenvalue weighted by Gasteiger charge is -2.35. The van der Waals surface area contributed by atoms with Crippen molar-refractivity contribution in [2.24, 2.45) is 0 Å². The molecule has 6 heteroatoms. The first-order valence-corrected chi connectivity index (χ1v) is 12.2. The molecule has 1 atom stereocenters. The Morgan fingerprint density at radius 3 is 2.41 bits per heavy atom. The maximum absolute atomic E-state index is 13.2. The van der Waals surface area contributed by atoms with Crippen molar-refractivity contribution in [3.63, 3.8) is 0 Å². The number of ether oxygens (including phenoxy) is 1. The number of hydrogen-bond donors (Lipinski definition) is 2. The van der Waals surface area contributed by atoms with Crippen LogP contribution >= 0.6 is 0 Å². The number of urea groups is 1. The molecule has 0 bridgehead atoms. The number of hydrogen-bond acceptors (Lipinski definition) is 4. The van der Waals surface area contributed by atoms with Gasteiger partial charge in [-0.3, -0.25) is 9.69 Å². The fraction of sp³-hybridized carbons (Fsp3) is 0.500. The number of aliphatic hydroxyl groups excluding tert-OH is 1. The molecule has 2 fully saturated rings. The Labute approximate surface area is 202 Å². The van der Waals surface area contributed by atoms with E-state index >= 15 is 0 Å². The summed E-state index contributed by atoms with van der Waals surface area (Å²) in [6.45, 7) is 8.38. The SMILES string of the molecule is Cc1cc(C(C)(C)C)ccc1OCC(O)CN1C(=O)NC2(CCC(c3ccccc3)CC2)C1=O. The van der Waals surface area contributed by atoms with Gasteiger partial charge >= 0.3 is 6.03 Å². The third-order valence-corrected chi connectivity index (χ3v) is 7.22. The molecule has 2 aromatic carbocycles. The maximum atomic E-state index is 13.2. The lowest BCUT2D eigenvalue weighted by atomic mass is 9.74. The number of carbonyl (C=O) groups is 2. The van der Waals surface area contributed by atoms with Gasteiger partial charge in [0.1, 0.15) is 24.0 Å². The van der Waals surface area contributed by atoms with Crippen molar-refractivity contribution in [3.8, 4) is 5.75 Å². The van der Waals surface area contributed by atoms with E-state index in [1.807, 2.05) is 37.3 Å². The molecule has 0 radical (unpaired) electrons. The maximum Gasteiger partial charge on any atom is 0.325 e. The minimum atomic E-state index is -0.966. The van der Waals surface area contributed by atoms with Crippen molar-refractivity contribution in [2.75, 3.05) is 13.2 Å². The zero-order chi connectivity index (χ0) is 24.5. The topological polar surface area (TPSA) is 78.9 Å². The predicted molar refractivity (Wildman–Crippen MR) is 132 cm³/mol. The minimum Gasteiger partial charge on any atom is -0.491 e. The van der Waals surface area contributed by atoms with Crippen molar-refractivity contribution in [3.05, 3.63) is 65.2 Å². The highest BCUT2D eigenvalue weighted by Crippen LogP contribution is 2.41. The number of rotatable bonds is 6. The van der Waals surface area contributed by atoms with Crippen LogP contribution in [0.5, 0.6) is 5.75 Å². The second-order valence-electron chi connectivity index (χ2n) is 10.8. The fourth-order valence-electron chi connectivity index (χ4n) is 5.08. The molecule has 1 saturated heterocycles. The van der Waals surface area contributed by atoms with E-state index in [0.717, 1.165) is 23.3 Å². The molecule has 1 saturated carbocycles. The number of amides is 3. The Kier molecular flexibility index (Phi) is 6.72. The van der Waals surface area contributed by atoms with Crippen LogP contribution in [0.1, 0.15) is 69.1 Å². The van der Waals surface area contributed by atoms with Gasteiger partial charge < -0.3 is 15.2 Å². The van der Waals surface area contributed by atoms with Crippen molar-refractivity contribution in [1.82, 2.24) is 10.2 Å². The van der Waals surface area contributed by atoms with E-state index < -0.39 is 17.7 Å². The van der Waals surface area contributed by atoms with Crippen LogP contribution in [0.25, 0.3) is 0 Å². The first-order valence-electron chi connectivity index (χ1n) is 12.2. The third-order valence-electron chi connectivity index (χ3n) is 7.22. The molecule has 34 heavy (non-hydrogen) atoms. The van der Waals surface area contributed by atoms with Crippen molar-refractivity contribution < 1.29 is 19.4 Å². The highest BCUT2D eigenvalue weighted by molar-refractivity contribution is 6.07. The van der Waals surface area contributed by atoms with Crippen LogP contribution in [0.3, 0.4) is 0 Å². The van der Waals surface area contributed by atoms with Crippen LogP contribution in [-0.4, -0.2) is 46.7 Å². The van der Waals surface area contributed by atoms with E-state index in [0.29, 0.717) is 24.5 Å². The van der Waals surface area contributed by atoms with E-state index in [9.17, 15) is 14.7 Å². The van der Waals surface area contributed by atoms with Crippen LogP contribution in [0.4, 0.5) is 4.79 Å². The standard InChI is InChI=1S/C28H36N2O4/c1-19-16-22(27(2,3)4)10-11-24(19)34-18-23(31)17-30-25(32)28(29-26(30)33)14-12-21(13-15-28)20-8-6-5-7-9-20/h5-11,16,21,23,31H,12-15,17-18H2,1-4H3,(H,29,33). The smallest absolute Gasteiger partial charge is 0.325 e. The molecule has 182 valence electrons. The third kappa shape index (κ3) is 4.97. The lowest BCUT2D eigenvalue weighted by Crippen LogP contribution is -2.49. The average molecular weight is 465 g/mol. The van der Waals surface area contributed by atoms with E-state index in [1.165, 1.54) is 11.1 Å². The lowest BCUT2D eigenvalue weighted by molar-refractivity contribution is -0.133. The molecule has 1 aliphatic heterocycles. The van der Waals surface area contributed by atoms with E-state index in [-0.39, 0.29) is 24.5 Å². The molecule has 6 nitrogen and oxygen atoms in total. The molecule has 3 amide bonds. The summed E-state index contributed by atoms with van der Waals surface area (Å²) in [5.74, 6) is 0.867. The Morgan fingerprint density at radius 1 is 1.12 bits per heavy atom. The van der Waals surface area contributed by atoms with Gasteiger partial charge in [0.25, 0.3) is 5.91 Å². The molecular formula is C28H36N2O4. The summed E-state index contributed by atoms with van der Waals surface area (Å²) in [6.07, 6.45) is 1.95. The Hall–Kier alpha value is -2.86. The molecule has 1 unspecified atom stereocenters. The minimum absolute atomic E-state index is 0.00977. The number of aryl methyl sites for hydroxylation is 1. The number of nitrogens with zero attached hydrogens (tertiary/aromatic N) is 1. The molecule has 2 aliphatic rings. The predicted octanol–water partition coefficient (Wildman–Crippen LogP) is 4.68. The molecule has 1 heterocycles. The van der Waals surface area contributed by atoms with E-state index in [1.54, 1.807) is 0 Å². The molecular weight excluding hydrogens is 428 g/mol. The molecule has 1 spiro atoms. The van der Waals surface area contributed by atoms with E-state index in [2.05, 4.69) is 44.3 Å². The van der Waals surface area contributed by atoms with Crippen LogP contribution in [-0.2, 0) is 10.2 Å². The number of benzene rings is 2. The second-order valence-corrected chi connectivity index (χ2v) is 10.8. The van der Waals surface area contributed by atoms with Gasteiger partial charge in [-0.1, -0.05) is 63.2 Å². The summed E-state index contributed by atoms with van der Waals surface area (Å²) in [6, 6.07) is 15.9. The van der Waals surface area contributed by atoms with Gasteiger partial charge in [-0.15, -0.1) is 0 Å². The normalized spacial score (nSPS) is 23.8. The van der Waals surface area contributed by atoms with Gasteiger partial charge in [-0.05, 0) is 66.7 Å². The summed E-state index contributed by atoms with van der Waals surface area (Å²) in [5.41, 5.74) is 2.68. The molecule has 2 aromatic rings. The van der Waals surface area contributed by atoms with Crippen molar-refractivity contribution in [1.29, 1.82) is 0 Å². The van der Waals surface area contributed by atoms with Crippen molar-refractivity contribution in [2.45, 2.75) is 76.4 Å². The van der Waals surface area contributed by atoms with Gasteiger partial charge in [0.15, 0.2) is 0 Å². The fourth-order valence-corrected chi connectivity index (χ4v) is 5.08. The summed E-state index contributed by atoms with van der Waals surface area (Å²) in [7, 11) is 0. The second kappa shape index (κ2) is 9.41. The van der Waals surface area contributed by atoms with Crippen LogP contribution in [0.2, 0.25) is 0 Å². The van der Waals surface area contributed by atoms with Crippen LogP contribution in [0, 0.1) is 6.92 Å². The molecule has 1 aliphatic carbocycles. The van der Waals surface area contributed by atoms with Gasteiger partial charge in [0.05, 0.1) is 6.54 Å². The zero-order valence-electron chi connectivity index (χ0n) is 20.6. The summed E-state index contributed by atoms with van der Waals surface area (Å²) in [4.78, 5) is 27.0. The highest BCUT2D eigenvalue weighted by atomic mass is 16.5. The first kappa shape index (κ1) is 24.3. The number of aliphatic hydroxyl groups is 1. The quantitative estimate of drug-likeness (QED) is 0.609. The molecule has 2 N–H and O–H groups in total. The monoisotopic (exact) mass is 464 g/mol. The average Bonchev–Trinajstić information content (AvgIpc) is 3.02. The summed E-state index contributed by atoms with van der Waals surface area (Å²) >= 11 is 0.